The number of fused-ring (bicyclic) bond motifs is 1. The Morgan fingerprint density at radius 2 is 1.80 bits per heavy atom. The molecule has 0 fully saturated rings. The van der Waals surface area contributed by atoms with Crippen LogP contribution in [0.4, 0.5) is 0 Å². The van der Waals surface area contributed by atoms with Crippen LogP contribution in [0.5, 0.6) is 5.75 Å². The van der Waals surface area contributed by atoms with Crippen molar-refractivity contribution in [3.8, 4) is 5.75 Å². The molecule has 0 spiro atoms. The number of carbonyl (C=O) groups is 1. The Balaban J connectivity index is 1.67. The first-order chi connectivity index (χ1) is 14.3. The van der Waals surface area contributed by atoms with Crippen LogP contribution in [0.2, 0.25) is 0 Å². The number of ether oxygens (including phenoxy) is 1. The van der Waals surface area contributed by atoms with Crippen LogP contribution in [0.3, 0.4) is 0 Å². The number of carbonyl (C=O) groups excluding carboxylic acids is 1. The van der Waals surface area contributed by atoms with Gasteiger partial charge in [0.05, 0.1) is 23.7 Å². The fourth-order valence-electron chi connectivity index (χ4n) is 3.41. The van der Waals surface area contributed by atoms with E-state index in [4.69, 9.17) is 9.72 Å². The zero-order valence-corrected chi connectivity index (χ0v) is 18.7. The summed E-state index contributed by atoms with van der Waals surface area (Å²) in [7, 11) is 0. The fraction of sp³-hybridized carbons (Fsp3) is 0.440. The van der Waals surface area contributed by atoms with Gasteiger partial charge in [-0.2, -0.15) is 0 Å². The van der Waals surface area contributed by atoms with E-state index in [2.05, 4.69) is 28.9 Å². The molecule has 3 rings (SSSR count). The van der Waals surface area contributed by atoms with Gasteiger partial charge in [0.25, 0.3) is 0 Å². The molecule has 5 heteroatoms. The smallest absolute Gasteiger partial charge is 0.225 e. The second-order valence-corrected chi connectivity index (χ2v) is 8.88. The summed E-state index contributed by atoms with van der Waals surface area (Å²) in [6, 6.07) is 16.1. The van der Waals surface area contributed by atoms with Crippen molar-refractivity contribution in [3.05, 3.63) is 59.9 Å². The van der Waals surface area contributed by atoms with Gasteiger partial charge < -0.3 is 14.6 Å². The quantitative estimate of drug-likeness (QED) is 0.507. The van der Waals surface area contributed by atoms with Crippen LogP contribution in [-0.4, -0.2) is 22.1 Å². The Bertz CT molecular complexity index is 1000. The lowest BCUT2D eigenvalue weighted by molar-refractivity contribution is -0.129. The van der Waals surface area contributed by atoms with E-state index in [0.717, 1.165) is 47.6 Å². The Kier molecular flexibility index (Phi) is 6.80. The molecule has 2 aromatic carbocycles. The number of para-hydroxylation sites is 3. The molecule has 0 saturated carbocycles. The van der Waals surface area contributed by atoms with Crippen molar-refractivity contribution >= 4 is 16.9 Å². The molecule has 1 amide bonds. The number of nitrogens with one attached hydrogen (secondary N) is 1. The molecule has 1 unspecified atom stereocenters. The number of nitrogens with zero attached hydrogens (tertiary/aromatic N) is 2. The van der Waals surface area contributed by atoms with Crippen LogP contribution in [0.25, 0.3) is 11.0 Å². The van der Waals surface area contributed by atoms with E-state index in [-0.39, 0.29) is 11.9 Å². The molecule has 0 aliphatic carbocycles. The fourth-order valence-corrected chi connectivity index (χ4v) is 3.41. The monoisotopic (exact) mass is 407 g/mol. The highest BCUT2D eigenvalue weighted by Gasteiger charge is 2.25. The number of benzene rings is 2. The minimum atomic E-state index is -0.433. The summed E-state index contributed by atoms with van der Waals surface area (Å²) >= 11 is 0. The van der Waals surface area contributed by atoms with Gasteiger partial charge in [-0.1, -0.05) is 51.1 Å². The largest absolute Gasteiger partial charge is 0.493 e. The van der Waals surface area contributed by atoms with Gasteiger partial charge in [-0.25, -0.2) is 4.98 Å². The van der Waals surface area contributed by atoms with Gasteiger partial charge in [0, 0.05) is 12.0 Å². The molecule has 0 saturated heterocycles. The summed E-state index contributed by atoms with van der Waals surface area (Å²) < 4.78 is 8.16. The van der Waals surface area contributed by atoms with E-state index < -0.39 is 5.41 Å². The van der Waals surface area contributed by atoms with Crippen molar-refractivity contribution in [2.45, 2.75) is 60.0 Å². The minimum Gasteiger partial charge on any atom is -0.493 e. The maximum Gasteiger partial charge on any atom is 0.225 e. The van der Waals surface area contributed by atoms with E-state index in [1.54, 1.807) is 0 Å². The third-order valence-electron chi connectivity index (χ3n) is 5.23. The summed E-state index contributed by atoms with van der Waals surface area (Å²) in [4.78, 5) is 17.3. The summed E-state index contributed by atoms with van der Waals surface area (Å²) in [6.07, 6.45) is 1.92. The van der Waals surface area contributed by atoms with Gasteiger partial charge in [0.15, 0.2) is 0 Å². The molecule has 30 heavy (non-hydrogen) atoms. The molecular weight excluding hydrogens is 374 g/mol. The predicted octanol–water partition coefficient (Wildman–Crippen LogP) is 5.43. The molecule has 1 heterocycles. The lowest BCUT2D eigenvalue weighted by Crippen LogP contribution is -2.37. The van der Waals surface area contributed by atoms with Gasteiger partial charge in [0.2, 0.25) is 5.91 Å². The highest BCUT2D eigenvalue weighted by Crippen LogP contribution is 2.23. The molecule has 1 aromatic heterocycles. The van der Waals surface area contributed by atoms with Crippen LogP contribution < -0.4 is 10.1 Å². The Labute approximate surface area is 179 Å². The van der Waals surface area contributed by atoms with Crippen molar-refractivity contribution in [1.82, 2.24) is 14.9 Å². The van der Waals surface area contributed by atoms with Crippen molar-refractivity contribution < 1.29 is 9.53 Å². The van der Waals surface area contributed by atoms with Crippen LogP contribution in [-0.2, 0) is 11.3 Å². The average Bonchev–Trinajstić information content (AvgIpc) is 3.07. The molecular formula is C25H33N3O2. The number of hydrogen-bond donors (Lipinski definition) is 1. The molecule has 5 nitrogen and oxygen atoms in total. The molecule has 3 aromatic rings. The van der Waals surface area contributed by atoms with Gasteiger partial charge in [0.1, 0.15) is 11.6 Å². The first-order valence-electron chi connectivity index (χ1n) is 10.7. The lowest BCUT2D eigenvalue weighted by atomic mass is 9.95. The maximum absolute atomic E-state index is 12.5. The molecule has 0 bridgehead atoms. The third-order valence-corrected chi connectivity index (χ3v) is 5.23. The van der Waals surface area contributed by atoms with Crippen LogP contribution in [0.15, 0.2) is 48.5 Å². The molecule has 1 atom stereocenters. The first kappa shape index (κ1) is 21.9. The van der Waals surface area contributed by atoms with Crippen LogP contribution in [0, 0.1) is 12.3 Å². The standard InChI is InChI=1S/C25H33N3O2/c1-18-12-6-9-15-22(18)30-17-11-10-16-28-21-14-8-7-13-20(21)27-23(28)19(2)26-24(29)25(3,4)5/h6-9,12-15,19H,10-11,16-17H2,1-5H3,(H,26,29). The predicted molar refractivity (Wildman–Crippen MR) is 122 cm³/mol. The molecule has 0 radical (unpaired) electrons. The summed E-state index contributed by atoms with van der Waals surface area (Å²) in [5.74, 6) is 1.87. The van der Waals surface area contributed by atoms with E-state index in [0.29, 0.717) is 6.61 Å². The van der Waals surface area contributed by atoms with E-state index in [1.165, 1.54) is 0 Å². The second-order valence-electron chi connectivity index (χ2n) is 8.88. The highest BCUT2D eigenvalue weighted by molar-refractivity contribution is 5.82. The normalized spacial score (nSPS) is 12.7. The topological polar surface area (TPSA) is 56.1 Å². The van der Waals surface area contributed by atoms with Crippen molar-refractivity contribution in [3.63, 3.8) is 0 Å². The van der Waals surface area contributed by atoms with E-state index >= 15 is 0 Å². The third kappa shape index (κ3) is 5.21. The number of unbranched alkanes of at least 4 members (excludes halogenated alkanes) is 1. The number of aromatic nitrogens is 2. The molecule has 0 aliphatic heterocycles. The van der Waals surface area contributed by atoms with Gasteiger partial charge in [-0.05, 0) is 50.5 Å². The molecule has 0 aliphatic rings. The zero-order valence-electron chi connectivity index (χ0n) is 18.7. The van der Waals surface area contributed by atoms with Gasteiger partial charge >= 0.3 is 0 Å². The average molecular weight is 408 g/mol. The number of aryl methyl sites for hydroxylation is 2. The van der Waals surface area contributed by atoms with Crippen LogP contribution >= 0.6 is 0 Å². The molecule has 160 valence electrons. The van der Waals surface area contributed by atoms with E-state index in [1.807, 2.05) is 64.1 Å². The Morgan fingerprint density at radius 1 is 1.10 bits per heavy atom. The zero-order chi connectivity index (χ0) is 21.7. The van der Waals surface area contributed by atoms with Gasteiger partial charge in [-0.3, -0.25) is 4.79 Å². The van der Waals surface area contributed by atoms with Crippen molar-refractivity contribution in [2.75, 3.05) is 6.61 Å². The summed E-state index contributed by atoms with van der Waals surface area (Å²) in [5, 5.41) is 3.12. The minimum absolute atomic E-state index is 0.0280. The number of imidazole rings is 1. The maximum atomic E-state index is 12.5. The summed E-state index contributed by atoms with van der Waals surface area (Å²) in [5.41, 5.74) is 2.78. The Hall–Kier alpha value is -2.82. The van der Waals surface area contributed by atoms with Crippen molar-refractivity contribution in [1.29, 1.82) is 0 Å². The highest BCUT2D eigenvalue weighted by atomic mass is 16.5. The SMILES string of the molecule is Cc1ccccc1OCCCCn1c(C(C)NC(=O)C(C)(C)C)nc2ccccc21. The second kappa shape index (κ2) is 9.33. The number of rotatable bonds is 8. The summed E-state index contributed by atoms with van der Waals surface area (Å²) in [6.45, 7) is 11.4. The molecule has 1 N–H and O–H groups in total. The van der Waals surface area contributed by atoms with Crippen molar-refractivity contribution in [2.24, 2.45) is 5.41 Å². The number of hydrogen-bond acceptors (Lipinski definition) is 3. The van der Waals surface area contributed by atoms with Crippen LogP contribution in [0.1, 0.15) is 58.0 Å². The number of amides is 1. The van der Waals surface area contributed by atoms with Gasteiger partial charge in [-0.15, -0.1) is 0 Å². The Morgan fingerprint density at radius 3 is 2.53 bits per heavy atom. The lowest BCUT2D eigenvalue weighted by Gasteiger charge is -2.22. The first-order valence-corrected chi connectivity index (χ1v) is 10.7. The van der Waals surface area contributed by atoms with E-state index in [9.17, 15) is 4.79 Å².